The molecule has 0 aliphatic heterocycles. The molecule has 0 atom stereocenters. The standard InChI is InChI=1S/C25H23NO4/c1-13-18-11-20-22(16-7-5-4-6-8-16)15(3)29-24(20)14(2)23(18)30-25(28)19(13)12-21(27)26-17-9-10-17/h4-8,11,17H,9-10,12H2,1-3H3,(H,26,27). The summed E-state index contributed by atoms with van der Waals surface area (Å²) < 4.78 is 11.8. The summed E-state index contributed by atoms with van der Waals surface area (Å²) >= 11 is 0. The van der Waals surface area contributed by atoms with Crippen LogP contribution in [0, 0.1) is 20.8 Å². The average molecular weight is 401 g/mol. The molecule has 1 fully saturated rings. The van der Waals surface area contributed by atoms with Crippen LogP contribution in [0.15, 0.2) is 50.0 Å². The molecule has 0 bridgehead atoms. The molecule has 2 heterocycles. The van der Waals surface area contributed by atoms with Gasteiger partial charge in [0.15, 0.2) is 0 Å². The Labute approximate surface area is 173 Å². The maximum atomic E-state index is 12.7. The molecule has 2 aromatic carbocycles. The molecule has 1 saturated carbocycles. The second-order valence-corrected chi connectivity index (χ2v) is 8.17. The SMILES string of the molecule is Cc1oc2c(C)c3oc(=O)c(CC(=O)NC4CC4)c(C)c3cc2c1-c1ccccc1. The van der Waals surface area contributed by atoms with Crippen LogP contribution in [0.3, 0.4) is 0 Å². The molecule has 0 spiro atoms. The topological polar surface area (TPSA) is 72.5 Å². The summed E-state index contributed by atoms with van der Waals surface area (Å²) in [5, 5.41) is 4.77. The van der Waals surface area contributed by atoms with Gasteiger partial charge in [-0.3, -0.25) is 4.79 Å². The number of nitrogens with one attached hydrogen (secondary N) is 1. The summed E-state index contributed by atoms with van der Waals surface area (Å²) in [6.45, 7) is 5.74. The highest BCUT2D eigenvalue weighted by molar-refractivity contribution is 6.06. The molecule has 5 heteroatoms. The molecule has 30 heavy (non-hydrogen) atoms. The maximum Gasteiger partial charge on any atom is 0.340 e. The maximum absolute atomic E-state index is 12.7. The molecular formula is C25H23NO4. The zero-order valence-corrected chi connectivity index (χ0v) is 17.3. The monoisotopic (exact) mass is 401 g/mol. The Kier molecular flexibility index (Phi) is 4.28. The van der Waals surface area contributed by atoms with Crippen molar-refractivity contribution < 1.29 is 13.6 Å². The highest BCUT2D eigenvalue weighted by Gasteiger charge is 2.25. The minimum absolute atomic E-state index is 0.0354. The Morgan fingerprint density at radius 3 is 2.40 bits per heavy atom. The van der Waals surface area contributed by atoms with Gasteiger partial charge in [-0.25, -0.2) is 4.79 Å². The van der Waals surface area contributed by atoms with Crippen molar-refractivity contribution in [2.24, 2.45) is 0 Å². The second-order valence-electron chi connectivity index (χ2n) is 8.17. The van der Waals surface area contributed by atoms with Crippen LogP contribution in [0.2, 0.25) is 0 Å². The lowest BCUT2D eigenvalue weighted by Crippen LogP contribution is -2.29. The van der Waals surface area contributed by atoms with Crippen molar-refractivity contribution in [1.29, 1.82) is 0 Å². The van der Waals surface area contributed by atoms with E-state index in [0.717, 1.165) is 57.2 Å². The van der Waals surface area contributed by atoms with Gasteiger partial charge in [0.05, 0.1) is 12.0 Å². The molecule has 2 aromatic heterocycles. The molecule has 1 amide bonds. The van der Waals surface area contributed by atoms with Gasteiger partial charge in [-0.05, 0) is 50.8 Å². The third-order valence-electron chi connectivity index (χ3n) is 5.98. The van der Waals surface area contributed by atoms with Crippen molar-refractivity contribution in [3.8, 4) is 11.1 Å². The minimum Gasteiger partial charge on any atom is -0.460 e. The highest BCUT2D eigenvalue weighted by Crippen LogP contribution is 2.39. The first-order chi connectivity index (χ1) is 14.4. The predicted octanol–water partition coefficient (Wildman–Crippen LogP) is 4.95. The third-order valence-corrected chi connectivity index (χ3v) is 5.98. The van der Waals surface area contributed by atoms with Gasteiger partial charge in [0.25, 0.3) is 0 Å². The minimum atomic E-state index is -0.458. The summed E-state index contributed by atoms with van der Waals surface area (Å²) in [5.41, 5.74) is 4.89. The summed E-state index contributed by atoms with van der Waals surface area (Å²) in [5.74, 6) is 0.688. The average Bonchev–Trinajstić information content (AvgIpc) is 3.47. The lowest BCUT2D eigenvalue weighted by atomic mass is 9.96. The largest absolute Gasteiger partial charge is 0.460 e. The van der Waals surface area contributed by atoms with Crippen LogP contribution in [0.5, 0.6) is 0 Å². The van der Waals surface area contributed by atoms with E-state index in [2.05, 4.69) is 17.4 Å². The molecule has 0 saturated heterocycles. The van der Waals surface area contributed by atoms with Gasteiger partial charge in [0.1, 0.15) is 16.9 Å². The van der Waals surface area contributed by atoms with Crippen LogP contribution < -0.4 is 10.9 Å². The first kappa shape index (κ1) is 18.7. The van der Waals surface area contributed by atoms with Gasteiger partial charge in [0, 0.05) is 27.9 Å². The Morgan fingerprint density at radius 1 is 1.00 bits per heavy atom. The zero-order chi connectivity index (χ0) is 21.0. The Hall–Kier alpha value is -3.34. The molecule has 0 unspecified atom stereocenters. The fourth-order valence-electron chi connectivity index (χ4n) is 4.21. The fraction of sp³-hybridized carbons (Fsp3) is 0.280. The zero-order valence-electron chi connectivity index (χ0n) is 17.3. The van der Waals surface area contributed by atoms with Crippen molar-refractivity contribution in [3.05, 3.63) is 69.3 Å². The summed E-state index contributed by atoms with van der Waals surface area (Å²) in [6, 6.07) is 12.4. The van der Waals surface area contributed by atoms with Gasteiger partial charge < -0.3 is 14.2 Å². The summed E-state index contributed by atoms with van der Waals surface area (Å²) in [7, 11) is 0. The van der Waals surface area contributed by atoms with E-state index in [4.69, 9.17) is 8.83 Å². The molecule has 1 aliphatic carbocycles. The van der Waals surface area contributed by atoms with Crippen LogP contribution >= 0.6 is 0 Å². The molecule has 5 rings (SSSR count). The molecule has 5 nitrogen and oxygen atoms in total. The Morgan fingerprint density at radius 2 is 1.70 bits per heavy atom. The van der Waals surface area contributed by atoms with Gasteiger partial charge in [-0.2, -0.15) is 0 Å². The van der Waals surface area contributed by atoms with E-state index in [1.54, 1.807) is 0 Å². The number of carbonyl (C=O) groups excluding carboxylic acids is 1. The number of hydrogen-bond donors (Lipinski definition) is 1. The third kappa shape index (κ3) is 3.02. The van der Waals surface area contributed by atoms with Gasteiger partial charge in [-0.1, -0.05) is 30.3 Å². The second kappa shape index (κ2) is 6.87. The van der Waals surface area contributed by atoms with E-state index >= 15 is 0 Å². The molecular weight excluding hydrogens is 378 g/mol. The molecule has 1 aliphatic rings. The van der Waals surface area contributed by atoms with Crippen molar-refractivity contribution in [2.75, 3.05) is 0 Å². The number of carbonyl (C=O) groups is 1. The number of benzene rings is 2. The summed E-state index contributed by atoms with van der Waals surface area (Å²) in [6.07, 6.45) is 2.06. The van der Waals surface area contributed by atoms with Crippen molar-refractivity contribution in [1.82, 2.24) is 5.32 Å². The quantitative estimate of drug-likeness (QED) is 0.491. The molecule has 4 aromatic rings. The van der Waals surface area contributed by atoms with Crippen molar-refractivity contribution >= 4 is 27.8 Å². The van der Waals surface area contributed by atoms with Crippen LogP contribution in [0.1, 0.15) is 35.3 Å². The summed E-state index contributed by atoms with van der Waals surface area (Å²) in [4.78, 5) is 25.0. The Balaban J connectivity index is 1.72. The van der Waals surface area contributed by atoms with E-state index in [9.17, 15) is 9.59 Å². The van der Waals surface area contributed by atoms with Crippen LogP contribution in [0.4, 0.5) is 0 Å². The highest BCUT2D eigenvalue weighted by atomic mass is 16.4. The molecule has 152 valence electrons. The normalized spacial score (nSPS) is 13.8. The number of rotatable bonds is 4. The Bertz CT molecular complexity index is 1360. The number of furan rings is 1. The van der Waals surface area contributed by atoms with Crippen LogP contribution in [0.25, 0.3) is 33.1 Å². The van der Waals surface area contributed by atoms with Gasteiger partial charge in [0.2, 0.25) is 5.91 Å². The number of fused-ring (bicyclic) bond motifs is 2. The van der Waals surface area contributed by atoms with E-state index in [1.807, 2.05) is 45.0 Å². The number of hydrogen-bond acceptors (Lipinski definition) is 4. The van der Waals surface area contributed by atoms with E-state index in [1.165, 1.54) is 0 Å². The van der Waals surface area contributed by atoms with E-state index in [-0.39, 0.29) is 18.4 Å². The lowest BCUT2D eigenvalue weighted by molar-refractivity contribution is -0.120. The first-order valence-corrected chi connectivity index (χ1v) is 10.3. The van der Waals surface area contributed by atoms with Crippen molar-refractivity contribution in [3.63, 3.8) is 0 Å². The van der Waals surface area contributed by atoms with Crippen LogP contribution in [-0.4, -0.2) is 11.9 Å². The van der Waals surface area contributed by atoms with E-state index in [0.29, 0.717) is 11.1 Å². The number of aryl methyl sites for hydroxylation is 3. The molecule has 1 N–H and O–H groups in total. The predicted molar refractivity (Wildman–Crippen MR) is 117 cm³/mol. The van der Waals surface area contributed by atoms with Gasteiger partial charge >= 0.3 is 5.63 Å². The lowest BCUT2D eigenvalue weighted by Gasteiger charge is -2.10. The smallest absolute Gasteiger partial charge is 0.340 e. The van der Waals surface area contributed by atoms with Gasteiger partial charge in [-0.15, -0.1) is 0 Å². The first-order valence-electron chi connectivity index (χ1n) is 10.3. The van der Waals surface area contributed by atoms with Crippen LogP contribution in [-0.2, 0) is 11.2 Å². The van der Waals surface area contributed by atoms with E-state index < -0.39 is 5.63 Å². The van der Waals surface area contributed by atoms with Crippen molar-refractivity contribution in [2.45, 2.75) is 46.1 Å². The fourth-order valence-corrected chi connectivity index (χ4v) is 4.21. The molecule has 0 radical (unpaired) electrons. The number of amides is 1.